The summed E-state index contributed by atoms with van der Waals surface area (Å²) in [5.41, 5.74) is 1.22. The van der Waals surface area contributed by atoms with Crippen molar-refractivity contribution >= 4 is 22.8 Å². The van der Waals surface area contributed by atoms with Crippen LogP contribution in [0.25, 0.3) is 28.0 Å². The normalized spacial score (nSPS) is 17.4. The van der Waals surface area contributed by atoms with Gasteiger partial charge in [-0.15, -0.1) is 0 Å². The predicted octanol–water partition coefficient (Wildman–Crippen LogP) is 5.16. The van der Waals surface area contributed by atoms with E-state index < -0.39 is 17.3 Å². The molecule has 0 aliphatic carbocycles. The fraction of sp³-hybridized carbons (Fsp3) is 0.323. The average Bonchev–Trinajstić information content (AvgIpc) is 2.93. The Morgan fingerprint density at radius 3 is 2.39 bits per heavy atom. The molecule has 10 heteroatoms. The minimum absolute atomic E-state index is 0.0189. The number of aryl methyl sites for hydroxylation is 1. The number of aromatic nitrogens is 4. The highest BCUT2D eigenvalue weighted by atomic mass is 19.1. The van der Waals surface area contributed by atoms with E-state index in [1.165, 1.54) is 34.9 Å². The molecule has 1 aliphatic heterocycles. The topological polar surface area (TPSA) is 84.2 Å². The molecule has 0 bridgehead atoms. The van der Waals surface area contributed by atoms with Crippen molar-refractivity contribution in [3.63, 3.8) is 0 Å². The van der Waals surface area contributed by atoms with Crippen LogP contribution in [0.3, 0.4) is 0 Å². The lowest BCUT2D eigenvalue weighted by Crippen LogP contribution is -2.58. The van der Waals surface area contributed by atoms with Crippen LogP contribution < -0.4 is 10.6 Å². The van der Waals surface area contributed by atoms with E-state index in [1.807, 2.05) is 39.5 Å². The Balaban J connectivity index is 1.84. The van der Waals surface area contributed by atoms with Crippen LogP contribution in [0.1, 0.15) is 44.9 Å². The Labute approximate surface area is 237 Å². The fourth-order valence-electron chi connectivity index (χ4n) is 5.68. The van der Waals surface area contributed by atoms with Crippen LogP contribution in [0.2, 0.25) is 0 Å². The van der Waals surface area contributed by atoms with Crippen LogP contribution in [0.15, 0.2) is 60.0 Å². The molecule has 0 spiro atoms. The number of halogens is 2. The first kappa shape index (κ1) is 28.1. The summed E-state index contributed by atoms with van der Waals surface area (Å²) in [7, 11) is 0. The first-order valence-electron chi connectivity index (χ1n) is 13.6. The van der Waals surface area contributed by atoms with Crippen molar-refractivity contribution < 1.29 is 13.6 Å². The van der Waals surface area contributed by atoms with Crippen molar-refractivity contribution in [2.24, 2.45) is 0 Å². The number of hydrogen-bond donors (Lipinski definition) is 0. The molecule has 5 rings (SSSR count). The maximum Gasteiger partial charge on any atom is 0.355 e. The van der Waals surface area contributed by atoms with E-state index in [4.69, 9.17) is 0 Å². The van der Waals surface area contributed by atoms with Gasteiger partial charge in [-0.2, -0.15) is 4.98 Å². The Bertz CT molecular complexity index is 1720. The van der Waals surface area contributed by atoms with Gasteiger partial charge in [-0.25, -0.2) is 23.1 Å². The number of amides is 1. The number of carbonyl (C=O) groups is 1. The standard InChI is InChI=1S/C31H32F2N6O2/c1-7-25(40)37-15-19(5)38(20(6)16-37)30-22-14-24(33)27(21-10-8-9-11-23(21)32)35-29(22)39(31(41)36-30)28-18(4)12-13-34-26(28)17(2)3/h7-14,17,19-20H,1,15-16H2,2-6H3/t19-,20-/m0/s1. The number of nitrogens with zero attached hydrogens (tertiary/aromatic N) is 6. The zero-order valence-corrected chi connectivity index (χ0v) is 23.7. The van der Waals surface area contributed by atoms with Crippen molar-refractivity contribution in [1.82, 2.24) is 24.4 Å². The van der Waals surface area contributed by atoms with Gasteiger partial charge in [-0.3, -0.25) is 9.78 Å². The highest BCUT2D eigenvalue weighted by Gasteiger charge is 2.34. The third-order valence-electron chi connectivity index (χ3n) is 7.51. The minimum atomic E-state index is -0.747. The van der Waals surface area contributed by atoms with Gasteiger partial charge in [-0.1, -0.05) is 32.6 Å². The molecule has 0 radical (unpaired) electrons. The van der Waals surface area contributed by atoms with Gasteiger partial charge in [0.15, 0.2) is 5.65 Å². The highest BCUT2D eigenvalue weighted by Crippen LogP contribution is 2.34. The number of fused-ring (bicyclic) bond motifs is 1. The number of benzene rings is 1. The van der Waals surface area contributed by atoms with E-state index in [2.05, 4.69) is 21.5 Å². The van der Waals surface area contributed by atoms with E-state index >= 15 is 4.39 Å². The molecule has 1 amide bonds. The molecule has 3 aromatic heterocycles. The molecule has 1 saturated heterocycles. The van der Waals surface area contributed by atoms with E-state index in [1.54, 1.807) is 23.2 Å². The van der Waals surface area contributed by atoms with Crippen LogP contribution in [0.5, 0.6) is 0 Å². The van der Waals surface area contributed by atoms with Gasteiger partial charge in [0.2, 0.25) is 5.91 Å². The predicted molar refractivity (Wildman–Crippen MR) is 155 cm³/mol. The minimum Gasteiger partial charge on any atom is -0.347 e. The van der Waals surface area contributed by atoms with Gasteiger partial charge < -0.3 is 9.80 Å². The van der Waals surface area contributed by atoms with Gasteiger partial charge in [0.05, 0.1) is 16.8 Å². The van der Waals surface area contributed by atoms with Crippen molar-refractivity contribution in [2.75, 3.05) is 18.0 Å². The van der Waals surface area contributed by atoms with Gasteiger partial charge in [0.1, 0.15) is 23.1 Å². The lowest BCUT2D eigenvalue weighted by molar-refractivity contribution is -0.127. The van der Waals surface area contributed by atoms with Gasteiger partial charge >= 0.3 is 5.69 Å². The van der Waals surface area contributed by atoms with Crippen molar-refractivity contribution in [1.29, 1.82) is 0 Å². The molecule has 8 nitrogen and oxygen atoms in total. The highest BCUT2D eigenvalue weighted by molar-refractivity contribution is 5.91. The monoisotopic (exact) mass is 558 g/mol. The second-order valence-electron chi connectivity index (χ2n) is 10.8. The van der Waals surface area contributed by atoms with Crippen molar-refractivity contribution in [2.45, 2.75) is 52.6 Å². The number of piperazine rings is 1. The molecule has 41 heavy (non-hydrogen) atoms. The third-order valence-corrected chi connectivity index (χ3v) is 7.51. The molecule has 212 valence electrons. The lowest BCUT2D eigenvalue weighted by Gasteiger charge is -2.45. The molecule has 4 heterocycles. The van der Waals surface area contributed by atoms with E-state index in [0.29, 0.717) is 29.9 Å². The number of anilines is 1. The molecule has 2 atom stereocenters. The SMILES string of the molecule is C=CC(=O)N1C[C@H](C)N(c2nc(=O)n(-c3c(C)ccnc3C(C)C)c3nc(-c4ccccc4F)c(F)cc23)[C@@H](C)C1. The number of rotatable bonds is 5. The van der Waals surface area contributed by atoms with Crippen LogP contribution in [-0.2, 0) is 4.79 Å². The maximum absolute atomic E-state index is 15.8. The Morgan fingerprint density at radius 2 is 1.76 bits per heavy atom. The van der Waals surface area contributed by atoms with Crippen LogP contribution >= 0.6 is 0 Å². The van der Waals surface area contributed by atoms with E-state index in [-0.39, 0.29) is 46.6 Å². The number of pyridine rings is 2. The van der Waals surface area contributed by atoms with E-state index in [0.717, 1.165) is 5.56 Å². The zero-order chi connectivity index (χ0) is 29.6. The third kappa shape index (κ3) is 4.87. The summed E-state index contributed by atoms with van der Waals surface area (Å²) in [6.07, 6.45) is 2.95. The Hall–Kier alpha value is -4.47. The first-order chi connectivity index (χ1) is 19.5. The zero-order valence-electron chi connectivity index (χ0n) is 23.7. The van der Waals surface area contributed by atoms with Crippen molar-refractivity contribution in [3.8, 4) is 16.9 Å². The van der Waals surface area contributed by atoms with Gasteiger partial charge in [0.25, 0.3) is 0 Å². The van der Waals surface area contributed by atoms with Crippen LogP contribution in [0.4, 0.5) is 14.6 Å². The number of carbonyl (C=O) groups excluding carboxylic acids is 1. The first-order valence-corrected chi connectivity index (χ1v) is 13.6. The summed E-state index contributed by atoms with van der Waals surface area (Å²) >= 11 is 0. The molecule has 1 aromatic carbocycles. The summed E-state index contributed by atoms with van der Waals surface area (Å²) in [6.45, 7) is 13.9. The molecular formula is C31H32F2N6O2. The summed E-state index contributed by atoms with van der Waals surface area (Å²) in [4.78, 5) is 43.6. The molecule has 0 N–H and O–H groups in total. The summed E-state index contributed by atoms with van der Waals surface area (Å²) < 4.78 is 32.0. The smallest absolute Gasteiger partial charge is 0.347 e. The van der Waals surface area contributed by atoms with Gasteiger partial charge in [0, 0.05) is 36.9 Å². The van der Waals surface area contributed by atoms with Gasteiger partial charge in [-0.05, 0) is 62.6 Å². The maximum atomic E-state index is 15.8. The summed E-state index contributed by atoms with van der Waals surface area (Å²) in [6, 6.07) is 8.35. The second kappa shape index (κ2) is 10.8. The summed E-state index contributed by atoms with van der Waals surface area (Å²) in [5.74, 6) is -1.36. The molecule has 0 unspecified atom stereocenters. The molecule has 0 saturated carbocycles. The number of hydrogen-bond acceptors (Lipinski definition) is 6. The lowest BCUT2D eigenvalue weighted by atomic mass is 10.0. The van der Waals surface area contributed by atoms with E-state index in [9.17, 15) is 14.0 Å². The molecule has 1 fully saturated rings. The quantitative estimate of drug-likeness (QED) is 0.315. The average molecular weight is 559 g/mol. The molecule has 4 aromatic rings. The van der Waals surface area contributed by atoms with Crippen LogP contribution in [-0.4, -0.2) is 55.5 Å². The Kier molecular flexibility index (Phi) is 7.42. The fourth-order valence-corrected chi connectivity index (χ4v) is 5.68. The molecular weight excluding hydrogens is 526 g/mol. The summed E-state index contributed by atoms with van der Waals surface area (Å²) in [5, 5.41) is 0.294. The largest absolute Gasteiger partial charge is 0.355 e. The molecule has 1 aliphatic rings. The Morgan fingerprint density at radius 1 is 1.07 bits per heavy atom. The van der Waals surface area contributed by atoms with Crippen LogP contribution in [0, 0.1) is 18.6 Å². The van der Waals surface area contributed by atoms with Crippen molar-refractivity contribution in [3.05, 3.63) is 88.6 Å². The second-order valence-corrected chi connectivity index (χ2v) is 10.8.